The van der Waals surface area contributed by atoms with Gasteiger partial charge in [-0.25, -0.2) is 9.67 Å². The smallest absolute Gasteiger partial charge is 0.244 e. The molecular formula is C17H23N5O. The van der Waals surface area contributed by atoms with Crippen molar-refractivity contribution in [2.45, 2.75) is 31.8 Å². The van der Waals surface area contributed by atoms with Crippen LogP contribution in [0.5, 0.6) is 0 Å². The summed E-state index contributed by atoms with van der Waals surface area (Å²) in [5.41, 5.74) is 1.25. The first kappa shape index (κ1) is 15.7. The van der Waals surface area contributed by atoms with Crippen LogP contribution in [0.4, 0.5) is 0 Å². The Morgan fingerprint density at radius 2 is 2.00 bits per heavy atom. The highest BCUT2D eigenvalue weighted by atomic mass is 16.2. The first-order valence-electron chi connectivity index (χ1n) is 8.16. The Morgan fingerprint density at radius 3 is 2.65 bits per heavy atom. The average Bonchev–Trinajstić information content (AvgIpc) is 3.29. The lowest BCUT2D eigenvalue weighted by molar-refractivity contribution is -0.124. The Labute approximate surface area is 136 Å². The Morgan fingerprint density at radius 1 is 1.26 bits per heavy atom. The lowest BCUT2D eigenvalue weighted by Gasteiger charge is -2.28. The van der Waals surface area contributed by atoms with Crippen molar-refractivity contribution >= 4 is 5.91 Å². The minimum atomic E-state index is -0.354. The molecule has 1 saturated heterocycles. The van der Waals surface area contributed by atoms with E-state index in [1.54, 1.807) is 11.0 Å². The largest absolute Gasteiger partial charge is 0.352 e. The van der Waals surface area contributed by atoms with Crippen molar-refractivity contribution in [2.75, 3.05) is 19.6 Å². The van der Waals surface area contributed by atoms with E-state index in [0.717, 1.165) is 13.1 Å². The number of nitrogens with zero attached hydrogens (tertiary/aromatic N) is 4. The number of benzene rings is 1. The van der Waals surface area contributed by atoms with E-state index in [4.69, 9.17) is 0 Å². The number of hydrogen-bond donors (Lipinski definition) is 1. The highest BCUT2D eigenvalue weighted by Crippen LogP contribution is 2.24. The summed E-state index contributed by atoms with van der Waals surface area (Å²) in [4.78, 5) is 18.7. The molecule has 2 heterocycles. The molecule has 0 spiro atoms. The third-order valence-electron chi connectivity index (χ3n) is 4.45. The summed E-state index contributed by atoms with van der Waals surface area (Å²) in [6.07, 6.45) is 5.47. The first-order valence-corrected chi connectivity index (χ1v) is 8.16. The van der Waals surface area contributed by atoms with Crippen LogP contribution in [0.15, 0.2) is 43.0 Å². The second kappa shape index (κ2) is 7.37. The third-order valence-corrected chi connectivity index (χ3v) is 4.45. The number of hydrogen-bond acceptors (Lipinski definition) is 4. The van der Waals surface area contributed by atoms with Gasteiger partial charge >= 0.3 is 0 Å². The summed E-state index contributed by atoms with van der Waals surface area (Å²) >= 11 is 0. The molecule has 0 saturated carbocycles. The Hall–Kier alpha value is -2.21. The Balaban J connectivity index is 1.65. The van der Waals surface area contributed by atoms with Gasteiger partial charge in [0.15, 0.2) is 0 Å². The third kappa shape index (κ3) is 3.76. The zero-order valence-corrected chi connectivity index (χ0v) is 13.4. The van der Waals surface area contributed by atoms with Crippen LogP contribution in [0.2, 0.25) is 0 Å². The van der Waals surface area contributed by atoms with Crippen molar-refractivity contribution in [3.8, 4) is 0 Å². The molecule has 0 radical (unpaired) electrons. The number of aromatic nitrogens is 3. The maximum absolute atomic E-state index is 12.4. The molecule has 1 N–H and O–H groups in total. The quantitative estimate of drug-likeness (QED) is 0.883. The van der Waals surface area contributed by atoms with Gasteiger partial charge in [0.1, 0.15) is 18.7 Å². The Bertz CT molecular complexity index is 607. The van der Waals surface area contributed by atoms with Crippen LogP contribution in [0.3, 0.4) is 0 Å². The van der Waals surface area contributed by atoms with Crippen molar-refractivity contribution < 1.29 is 4.79 Å². The second-order valence-electron chi connectivity index (χ2n) is 5.97. The summed E-state index contributed by atoms with van der Waals surface area (Å²) in [5, 5.41) is 7.11. The maximum Gasteiger partial charge on any atom is 0.244 e. The number of amides is 1. The van der Waals surface area contributed by atoms with Crippen LogP contribution >= 0.6 is 0 Å². The molecule has 122 valence electrons. The second-order valence-corrected chi connectivity index (χ2v) is 5.97. The van der Waals surface area contributed by atoms with Gasteiger partial charge < -0.3 is 5.32 Å². The SMILES string of the molecule is C[C@@H](C(=O)NC[C@H](c1ccccc1)N1CCCC1)n1cncn1. The van der Waals surface area contributed by atoms with E-state index < -0.39 is 0 Å². The summed E-state index contributed by atoms with van der Waals surface area (Å²) in [6, 6.07) is 10.3. The number of rotatable bonds is 6. The van der Waals surface area contributed by atoms with Crippen molar-refractivity contribution in [1.29, 1.82) is 0 Å². The number of carbonyl (C=O) groups is 1. The summed E-state index contributed by atoms with van der Waals surface area (Å²) < 4.78 is 1.57. The van der Waals surface area contributed by atoms with Gasteiger partial charge in [-0.15, -0.1) is 0 Å². The minimum absolute atomic E-state index is 0.0318. The van der Waals surface area contributed by atoms with Crippen LogP contribution in [-0.2, 0) is 4.79 Å². The van der Waals surface area contributed by atoms with Crippen LogP contribution in [0.1, 0.15) is 37.4 Å². The molecule has 3 rings (SSSR count). The highest BCUT2D eigenvalue weighted by molar-refractivity contribution is 5.79. The normalized spacial score (nSPS) is 17.8. The predicted molar refractivity (Wildman–Crippen MR) is 87.7 cm³/mol. The number of nitrogens with one attached hydrogen (secondary N) is 1. The summed E-state index contributed by atoms with van der Waals surface area (Å²) in [7, 11) is 0. The van der Waals surface area contributed by atoms with Crippen LogP contribution in [-0.4, -0.2) is 45.2 Å². The molecule has 0 aliphatic carbocycles. The molecule has 1 aromatic heterocycles. The van der Waals surface area contributed by atoms with Gasteiger partial charge in [0.25, 0.3) is 0 Å². The predicted octanol–water partition coefficient (Wildman–Crippen LogP) is 1.79. The first-order chi connectivity index (χ1) is 11.3. The molecule has 2 atom stereocenters. The fourth-order valence-corrected chi connectivity index (χ4v) is 3.07. The van der Waals surface area contributed by atoms with E-state index in [9.17, 15) is 4.79 Å². The number of likely N-dealkylation sites (tertiary alicyclic amines) is 1. The monoisotopic (exact) mass is 313 g/mol. The van der Waals surface area contributed by atoms with Gasteiger partial charge in [-0.1, -0.05) is 30.3 Å². The fraction of sp³-hybridized carbons (Fsp3) is 0.471. The minimum Gasteiger partial charge on any atom is -0.352 e. The molecular weight excluding hydrogens is 290 g/mol. The molecule has 1 aliphatic heterocycles. The van der Waals surface area contributed by atoms with E-state index >= 15 is 0 Å². The van der Waals surface area contributed by atoms with Gasteiger partial charge in [-0.05, 0) is 38.4 Å². The van der Waals surface area contributed by atoms with E-state index in [1.807, 2.05) is 13.0 Å². The zero-order chi connectivity index (χ0) is 16.1. The molecule has 6 nitrogen and oxygen atoms in total. The van der Waals surface area contributed by atoms with Gasteiger partial charge in [0.05, 0.1) is 6.04 Å². The lowest BCUT2D eigenvalue weighted by Crippen LogP contribution is -2.39. The summed E-state index contributed by atoms with van der Waals surface area (Å²) in [6.45, 7) is 4.63. The van der Waals surface area contributed by atoms with E-state index in [2.05, 4.69) is 44.6 Å². The maximum atomic E-state index is 12.4. The molecule has 23 heavy (non-hydrogen) atoms. The molecule has 1 fully saturated rings. The molecule has 0 unspecified atom stereocenters. The van der Waals surface area contributed by atoms with Gasteiger partial charge in [-0.3, -0.25) is 9.69 Å². The zero-order valence-electron chi connectivity index (χ0n) is 13.4. The molecule has 0 bridgehead atoms. The molecule has 2 aromatic rings. The fourth-order valence-electron chi connectivity index (χ4n) is 3.07. The van der Waals surface area contributed by atoms with Gasteiger partial charge in [0.2, 0.25) is 5.91 Å². The van der Waals surface area contributed by atoms with Crippen molar-refractivity contribution in [1.82, 2.24) is 25.0 Å². The van der Waals surface area contributed by atoms with Crippen LogP contribution in [0.25, 0.3) is 0 Å². The topological polar surface area (TPSA) is 63.1 Å². The van der Waals surface area contributed by atoms with Crippen molar-refractivity contribution in [3.63, 3.8) is 0 Å². The molecule has 6 heteroatoms. The lowest BCUT2D eigenvalue weighted by atomic mass is 10.1. The molecule has 1 amide bonds. The van der Waals surface area contributed by atoms with Crippen molar-refractivity contribution in [3.05, 3.63) is 48.5 Å². The van der Waals surface area contributed by atoms with E-state index in [0.29, 0.717) is 6.54 Å². The van der Waals surface area contributed by atoms with Crippen LogP contribution in [0, 0.1) is 0 Å². The number of carbonyl (C=O) groups excluding carboxylic acids is 1. The summed E-state index contributed by atoms with van der Waals surface area (Å²) in [5.74, 6) is -0.0318. The van der Waals surface area contributed by atoms with Crippen molar-refractivity contribution in [2.24, 2.45) is 0 Å². The molecule has 1 aliphatic rings. The van der Waals surface area contributed by atoms with Gasteiger partial charge in [0, 0.05) is 6.54 Å². The van der Waals surface area contributed by atoms with E-state index in [1.165, 1.54) is 24.7 Å². The van der Waals surface area contributed by atoms with Crippen LogP contribution < -0.4 is 5.32 Å². The standard InChI is InChI=1S/C17H23N5O/c1-14(22-13-18-12-20-22)17(23)19-11-16(21-9-5-6-10-21)15-7-3-2-4-8-15/h2-4,7-8,12-14,16H,5-6,9-11H2,1H3,(H,19,23)/t14-,16+/m0/s1. The molecule has 1 aromatic carbocycles. The average molecular weight is 313 g/mol. The highest BCUT2D eigenvalue weighted by Gasteiger charge is 2.25. The van der Waals surface area contributed by atoms with E-state index in [-0.39, 0.29) is 18.0 Å². The van der Waals surface area contributed by atoms with Gasteiger partial charge in [-0.2, -0.15) is 5.10 Å². The Kier molecular flexibility index (Phi) is 5.02.